The largest absolute Gasteiger partial charge is 0.345 e. The number of hydrogen-bond acceptors (Lipinski definition) is 2. The molecule has 0 aromatic heterocycles. The Balaban J connectivity index is 1.85. The molecule has 2 aliphatic rings. The molecule has 2 bridgehead atoms. The molecule has 0 spiro atoms. The van der Waals surface area contributed by atoms with Crippen molar-refractivity contribution in [2.45, 2.75) is 71.8 Å². The zero-order chi connectivity index (χ0) is 16.1. The zero-order valence-corrected chi connectivity index (χ0v) is 14.4. The van der Waals surface area contributed by atoms with Crippen molar-refractivity contribution in [2.75, 3.05) is 13.1 Å². The van der Waals surface area contributed by atoms with Gasteiger partial charge in [0.2, 0.25) is 0 Å². The van der Waals surface area contributed by atoms with E-state index in [0.717, 1.165) is 31.1 Å². The standard InChI is InChI=1S/C18H32N2O2/c1-4-6-10-20(9-5-2)18(22)17(21)19-13(3)16-12-14-7-8-15(16)11-14/h13-16H,4-12H2,1-3H3,(H,19,21). The van der Waals surface area contributed by atoms with Gasteiger partial charge in [-0.1, -0.05) is 26.7 Å². The fourth-order valence-corrected chi connectivity index (χ4v) is 4.36. The molecule has 1 N–H and O–H groups in total. The van der Waals surface area contributed by atoms with E-state index in [-0.39, 0.29) is 11.9 Å². The molecular formula is C18H32N2O2. The van der Waals surface area contributed by atoms with Crippen LogP contribution in [0.15, 0.2) is 0 Å². The lowest BCUT2D eigenvalue weighted by atomic mass is 9.84. The van der Waals surface area contributed by atoms with Crippen molar-refractivity contribution in [3.8, 4) is 0 Å². The molecule has 0 radical (unpaired) electrons. The van der Waals surface area contributed by atoms with Gasteiger partial charge in [-0.25, -0.2) is 0 Å². The van der Waals surface area contributed by atoms with Crippen LogP contribution in [-0.4, -0.2) is 35.8 Å². The van der Waals surface area contributed by atoms with Crippen LogP contribution in [0.25, 0.3) is 0 Å². The summed E-state index contributed by atoms with van der Waals surface area (Å²) in [6.45, 7) is 7.59. The number of carbonyl (C=O) groups excluding carboxylic acids is 2. The van der Waals surface area contributed by atoms with E-state index in [2.05, 4.69) is 19.2 Å². The van der Waals surface area contributed by atoms with Gasteiger partial charge in [0.25, 0.3) is 0 Å². The highest BCUT2D eigenvalue weighted by Crippen LogP contribution is 2.49. The topological polar surface area (TPSA) is 49.4 Å². The molecule has 2 saturated carbocycles. The molecule has 2 fully saturated rings. The summed E-state index contributed by atoms with van der Waals surface area (Å²) in [4.78, 5) is 26.4. The fourth-order valence-electron chi connectivity index (χ4n) is 4.36. The first-order valence-corrected chi connectivity index (χ1v) is 9.16. The summed E-state index contributed by atoms with van der Waals surface area (Å²) in [5, 5.41) is 2.99. The summed E-state index contributed by atoms with van der Waals surface area (Å²) in [5.41, 5.74) is 0. The first-order chi connectivity index (χ1) is 10.6. The predicted molar refractivity (Wildman–Crippen MR) is 88.3 cm³/mol. The second-order valence-corrected chi connectivity index (χ2v) is 7.25. The smallest absolute Gasteiger partial charge is 0.311 e. The Labute approximate surface area is 135 Å². The minimum Gasteiger partial charge on any atom is -0.345 e. The number of hydrogen-bond donors (Lipinski definition) is 1. The van der Waals surface area contributed by atoms with E-state index in [1.807, 2.05) is 6.92 Å². The van der Waals surface area contributed by atoms with Gasteiger partial charge in [0.15, 0.2) is 0 Å². The summed E-state index contributed by atoms with van der Waals surface area (Å²) in [6, 6.07) is 0.126. The average Bonchev–Trinajstić information content (AvgIpc) is 3.13. The number of nitrogens with zero attached hydrogens (tertiary/aromatic N) is 1. The molecular weight excluding hydrogens is 276 g/mol. The molecule has 2 amide bonds. The summed E-state index contributed by atoms with van der Waals surface area (Å²) < 4.78 is 0. The minimum absolute atomic E-state index is 0.126. The summed E-state index contributed by atoms with van der Waals surface area (Å²) >= 11 is 0. The number of rotatable bonds is 7. The van der Waals surface area contributed by atoms with Crippen molar-refractivity contribution < 1.29 is 9.59 Å². The average molecular weight is 308 g/mol. The summed E-state index contributed by atoms with van der Waals surface area (Å²) in [7, 11) is 0. The van der Waals surface area contributed by atoms with E-state index in [0.29, 0.717) is 19.0 Å². The Kier molecular flexibility index (Phi) is 6.27. The van der Waals surface area contributed by atoms with Crippen molar-refractivity contribution in [3.63, 3.8) is 0 Å². The maximum Gasteiger partial charge on any atom is 0.311 e. The highest BCUT2D eigenvalue weighted by Gasteiger charge is 2.42. The van der Waals surface area contributed by atoms with Crippen molar-refractivity contribution in [1.82, 2.24) is 10.2 Å². The van der Waals surface area contributed by atoms with Crippen molar-refractivity contribution >= 4 is 11.8 Å². The van der Waals surface area contributed by atoms with Gasteiger partial charge in [-0.15, -0.1) is 0 Å². The molecule has 0 aliphatic heterocycles. The lowest BCUT2D eigenvalue weighted by Crippen LogP contribution is -2.48. The molecule has 0 aromatic carbocycles. The number of unbranched alkanes of at least 4 members (excludes halogenated alkanes) is 1. The van der Waals surface area contributed by atoms with Gasteiger partial charge in [-0.2, -0.15) is 0 Å². The van der Waals surface area contributed by atoms with Gasteiger partial charge in [-0.3, -0.25) is 9.59 Å². The molecule has 22 heavy (non-hydrogen) atoms. The Bertz CT molecular complexity index is 397. The Morgan fingerprint density at radius 3 is 2.45 bits per heavy atom. The van der Waals surface area contributed by atoms with Crippen LogP contribution in [0.4, 0.5) is 0 Å². The second-order valence-electron chi connectivity index (χ2n) is 7.25. The van der Waals surface area contributed by atoms with Gasteiger partial charge < -0.3 is 10.2 Å². The first-order valence-electron chi connectivity index (χ1n) is 9.16. The molecule has 0 aromatic rings. The van der Waals surface area contributed by atoms with Gasteiger partial charge in [0.1, 0.15) is 0 Å². The van der Waals surface area contributed by atoms with Gasteiger partial charge in [-0.05, 0) is 56.8 Å². The number of amides is 2. The van der Waals surface area contributed by atoms with Gasteiger partial charge in [0.05, 0.1) is 0 Å². The van der Waals surface area contributed by atoms with Crippen LogP contribution in [-0.2, 0) is 9.59 Å². The third-order valence-corrected chi connectivity index (χ3v) is 5.55. The Morgan fingerprint density at radius 1 is 1.14 bits per heavy atom. The lowest BCUT2D eigenvalue weighted by Gasteiger charge is -2.29. The predicted octanol–water partition coefficient (Wildman–Crippen LogP) is 2.97. The Morgan fingerprint density at radius 2 is 1.91 bits per heavy atom. The van der Waals surface area contributed by atoms with Gasteiger partial charge in [0, 0.05) is 19.1 Å². The summed E-state index contributed by atoms with van der Waals surface area (Å²) in [5.74, 6) is 1.46. The van der Waals surface area contributed by atoms with Crippen LogP contribution in [0.2, 0.25) is 0 Å². The van der Waals surface area contributed by atoms with Crippen LogP contribution in [0, 0.1) is 17.8 Å². The fraction of sp³-hybridized carbons (Fsp3) is 0.889. The second kappa shape index (κ2) is 7.98. The minimum atomic E-state index is -0.403. The van der Waals surface area contributed by atoms with Crippen molar-refractivity contribution in [2.24, 2.45) is 17.8 Å². The van der Waals surface area contributed by atoms with E-state index < -0.39 is 5.91 Å². The van der Waals surface area contributed by atoms with Crippen LogP contribution in [0.5, 0.6) is 0 Å². The molecule has 126 valence electrons. The third kappa shape index (κ3) is 4.02. The molecule has 2 rings (SSSR count). The molecule has 4 atom stereocenters. The number of carbonyl (C=O) groups is 2. The SMILES string of the molecule is CCCCN(CCC)C(=O)C(=O)NC(C)C1CC2CCC1C2. The van der Waals surface area contributed by atoms with Crippen LogP contribution in [0.3, 0.4) is 0 Å². The first kappa shape index (κ1) is 17.3. The lowest BCUT2D eigenvalue weighted by molar-refractivity contribution is -0.146. The molecule has 0 saturated heterocycles. The van der Waals surface area contributed by atoms with E-state index in [9.17, 15) is 9.59 Å². The van der Waals surface area contributed by atoms with E-state index in [4.69, 9.17) is 0 Å². The normalized spacial score (nSPS) is 27.7. The van der Waals surface area contributed by atoms with Crippen LogP contribution >= 0.6 is 0 Å². The van der Waals surface area contributed by atoms with Crippen molar-refractivity contribution in [1.29, 1.82) is 0 Å². The highest BCUT2D eigenvalue weighted by atomic mass is 16.2. The van der Waals surface area contributed by atoms with Gasteiger partial charge >= 0.3 is 11.8 Å². The number of nitrogens with one attached hydrogen (secondary N) is 1. The van der Waals surface area contributed by atoms with E-state index in [1.54, 1.807) is 4.90 Å². The van der Waals surface area contributed by atoms with E-state index >= 15 is 0 Å². The maximum absolute atomic E-state index is 12.4. The monoisotopic (exact) mass is 308 g/mol. The molecule has 2 aliphatic carbocycles. The molecule has 4 unspecified atom stereocenters. The van der Waals surface area contributed by atoms with E-state index in [1.165, 1.54) is 25.7 Å². The summed E-state index contributed by atoms with van der Waals surface area (Å²) in [6.07, 6.45) is 8.12. The third-order valence-electron chi connectivity index (χ3n) is 5.55. The highest BCUT2D eigenvalue weighted by molar-refractivity contribution is 6.35. The Hall–Kier alpha value is -1.06. The molecule has 4 heteroatoms. The van der Waals surface area contributed by atoms with Crippen molar-refractivity contribution in [3.05, 3.63) is 0 Å². The molecule has 4 nitrogen and oxygen atoms in total. The van der Waals surface area contributed by atoms with Crippen LogP contribution in [0.1, 0.15) is 65.7 Å². The quantitative estimate of drug-likeness (QED) is 0.735. The zero-order valence-electron chi connectivity index (χ0n) is 14.4. The number of fused-ring (bicyclic) bond motifs is 2. The maximum atomic E-state index is 12.4. The van der Waals surface area contributed by atoms with Crippen LogP contribution < -0.4 is 5.32 Å². The molecule has 0 heterocycles.